The average Bonchev–Trinajstić information content (AvgIpc) is 2.38. The van der Waals surface area contributed by atoms with Crippen LogP contribution in [0.2, 0.25) is 0 Å². The molecule has 0 saturated carbocycles. The van der Waals surface area contributed by atoms with E-state index in [0.717, 1.165) is 11.4 Å². The van der Waals surface area contributed by atoms with Crippen LogP contribution < -0.4 is 4.90 Å². The van der Waals surface area contributed by atoms with Crippen LogP contribution in [0.15, 0.2) is 42.5 Å². The van der Waals surface area contributed by atoms with Crippen LogP contribution in [0, 0.1) is 12.7 Å². The first-order chi connectivity index (χ1) is 8.99. The third-order valence-corrected chi connectivity index (χ3v) is 3.04. The molecule has 0 atom stereocenters. The Hall–Kier alpha value is -2.36. The predicted molar refractivity (Wildman–Crippen MR) is 72.6 cm³/mol. The summed E-state index contributed by atoms with van der Waals surface area (Å²) in [6.07, 6.45) is 0. The number of aromatic carboxylic acids is 1. The standard InChI is InChI=1S/C15H14FNO2/c1-10-9-13(7-8-14(10)15(18)19)17(2)12-5-3-11(16)4-6-12/h3-9H,1-2H3,(H,18,19). The zero-order valence-corrected chi connectivity index (χ0v) is 10.7. The van der Waals surface area contributed by atoms with Crippen LogP contribution in [0.5, 0.6) is 0 Å². The molecule has 0 fully saturated rings. The Labute approximate surface area is 110 Å². The highest BCUT2D eigenvalue weighted by molar-refractivity contribution is 5.90. The normalized spacial score (nSPS) is 10.3. The second-order valence-corrected chi connectivity index (χ2v) is 4.34. The lowest BCUT2D eigenvalue weighted by molar-refractivity contribution is 0.0696. The Kier molecular flexibility index (Phi) is 3.51. The molecule has 2 aromatic carbocycles. The van der Waals surface area contributed by atoms with Gasteiger partial charge in [0.05, 0.1) is 5.56 Å². The second kappa shape index (κ2) is 5.10. The summed E-state index contributed by atoms with van der Waals surface area (Å²) in [7, 11) is 1.85. The highest BCUT2D eigenvalue weighted by atomic mass is 19.1. The SMILES string of the molecule is Cc1cc(N(C)c2ccc(F)cc2)ccc1C(=O)O. The average molecular weight is 259 g/mol. The smallest absolute Gasteiger partial charge is 0.335 e. The number of anilines is 2. The molecule has 0 aromatic heterocycles. The number of carboxylic acid groups (broad SMARTS) is 1. The molecule has 19 heavy (non-hydrogen) atoms. The summed E-state index contributed by atoms with van der Waals surface area (Å²) in [5.74, 6) is -1.22. The molecule has 0 unspecified atom stereocenters. The minimum absolute atomic E-state index is 0.283. The Bertz CT molecular complexity index is 608. The van der Waals surface area contributed by atoms with Gasteiger partial charge < -0.3 is 10.0 Å². The molecule has 0 heterocycles. The van der Waals surface area contributed by atoms with Gasteiger partial charge in [0.2, 0.25) is 0 Å². The number of hydrogen-bond acceptors (Lipinski definition) is 2. The molecular weight excluding hydrogens is 245 g/mol. The third-order valence-electron chi connectivity index (χ3n) is 3.04. The minimum Gasteiger partial charge on any atom is -0.478 e. The van der Waals surface area contributed by atoms with Crippen LogP contribution in [0.1, 0.15) is 15.9 Å². The summed E-state index contributed by atoms with van der Waals surface area (Å²) in [4.78, 5) is 12.8. The van der Waals surface area contributed by atoms with Gasteiger partial charge in [0.1, 0.15) is 5.82 Å². The maximum absolute atomic E-state index is 12.9. The van der Waals surface area contributed by atoms with E-state index in [2.05, 4.69) is 0 Å². The van der Waals surface area contributed by atoms with Gasteiger partial charge in [0, 0.05) is 18.4 Å². The fourth-order valence-corrected chi connectivity index (χ4v) is 1.91. The van der Waals surface area contributed by atoms with Gasteiger partial charge >= 0.3 is 5.97 Å². The lowest BCUT2D eigenvalue weighted by atomic mass is 10.1. The van der Waals surface area contributed by atoms with Gasteiger partial charge in [-0.15, -0.1) is 0 Å². The van der Waals surface area contributed by atoms with Crippen molar-refractivity contribution in [3.8, 4) is 0 Å². The van der Waals surface area contributed by atoms with E-state index in [1.165, 1.54) is 12.1 Å². The predicted octanol–water partition coefficient (Wildman–Crippen LogP) is 3.60. The van der Waals surface area contributed by atoms with Crippen LogP contribution in [0.25, 0.3) is 0 Å². The van der Waals surface area contributed by atoms with Crippen LogP contribution in [-0.2, 0) is 0 Å². The van der Waals surface area contributed by atoms with Crippen molar-refractivity contribution in [1.29, 1.82) is 0 Å². The molecule has 0 spiro atoms. The largest absolute Gasteiger partial charge is 0.478 e. The third kappa shape index (κ3) is 2.73. The van der Waals surface area contributed by atoms with Crippen molar-refractivity contribution in [2.45, 2.75) is 6.92 Å². The van der Waals surface area contributed by atoms with Crippen LogP contribution in [-0.4, -0.2) is 18.1 Å². The Morgan fingerprint density at radius 3 is 2.21 bits per heavy atom. The van der Waals surface area contributed by atoms with Crippen molar-refractivity contribution in [2.24, 2.45) is 0 Å². The summed E-state index contributed by atoms with van der Waals surface area (Å²) in [6, 6.07) is 11.2. The second-order valence-electron chi connectivity index (χ2n) is 4.34. The molecule has 4 heteroatoms. The van der Waals surface area contributed by atoms with Crippen molar-refractivity contribution in [3.05, 3.63) is 59.4 Å². The van der Waals surface area contributed by atoms with E-state index in [1.54, 1.807) is 37.3 Å². The van der Waals surface area contributed by atoms with E-state index in [4.69, 9.17) is 5.11 Å². The first kappa shape index (κ1) is 13.1. The zero-order valence-electron chi connectivity index (χ0n) is 10.7. The molecular formula is C15H14FNO2. The van der Waals surface area contributed by atoms with Gasteiger partial charge in [-0.2, -0.15) is 0 Å². The molecule has 0 bridgehead atoms. The molecule has 0 saturated heterocycles. The van der Waals surface area contributed by atoms with Crippen molar-refractivity contribution in [3.63, 3.8) is 0 Å². The van der Waals surface area contributed by atoms with Crippen molar-refractivity contribution >= 4 is 17.3 Å². The number of hydrogen-bond donors (Lipinski definition) is 1. The van der Waals surface area contributed by atoms with Crippen LogP contribution in [0.4, 0.5) is 15.8 Å². The molecule has 0 aliphatic heterocycles. The number of aryl methyl sites for hydroxylation is 1. The summed E-state index contributed by atoms with van der Waals surface area (Å²) in [6.45, 7) is 1.76. The monoisotopic (exact) mass is 259 g/mol. The molecule has 0 aliphatic rings. The Morgan fingerprint density at radius 1 is 1.11 bits per heavy atom. The first-order valence-corrected chi connectivity index (χ1v) is 5.82. The number of rotatable bonds is 3. The van der Waals surface area contributed by atoms with Gasteiger partial charge in [0.15, 0.2) is 0 Å². The van der Waals surface area contributed by atoms with Gasteiger partial charge in [0.25, 0.3) is 0 Å². The van der Waals surface area contributed by atoms with Crippen molar-refractivity contribution < 1.29 is 14.3 Å². The van der Waals surface area contributed by atoms with E-state index < -0.39 is 5.97 Å². The highest BCUT2D eigenvalue weighted by Gasteiger charge is 2.10. The van der Waals surface area contributed by atoms with E-state index in [0.29, 0.717) is 5.56 Å². The maximum Gasteiger partial charge on any atom is 0.335 e. The van der Waals surface area contributed by atoms with Gasteiger partial charge in [-0.25, -0.2) is 9.18 Å². The molecule has 0 aliphatic carbocycles. The fourth-order valence-electron chi connectivity index (χ4n) is 1.91. The molecule has 98 valence electrons. The molecule has 0 radical (unpaired) electrons. The number of benzene rings is 2. The lowest BCUT2D eigenvalue weighted by Gasteiger charge is -2.20. The molecule has 3 nitrogen and oxygen atoms in total. The molecule has 2 rings (SSSR count). The van der Waals surface area contributed by atoms with E-state index in [-0.39, 0.29) is 11.4 Å². The van der Waals surface area contributed by atoms with E-state index >= 15 is 0 Å². The number of halogens is 1. The molecule has 1 N–H and O–H groups in total. The van der Waals surface area contributed by atoms with Gasteiger partial charge in [-0.1, -0.05) is 0 Å². The number of nitrogens with zero attached hydrogens (tertiary/aromatic N) is 1. The van der Waals surface area contributed by atoms with E-state index in [1.807, 2.05) is 11.9 Å². The quantitative estimate of drug-likeness (QED) is 0.915. The first-order valence-electron chi connectivity index (χ1n) is 5.82. The topological polar surface area (TPSA) is 40.5 Å². The van der Waals surface area contributed by atoms with Crippen molar-refractivity contribution in [2.75, 3.05) is 11.9 Å². The molecule has 2 aromatic rings. The number of carbonyl (C=O) groups is 1. The summed E-state index contributed by atoms with van der Waals surface area (Å²) >= 11 is 0. The Morgan fingerprint density at radius 2 is 1.68 bits per heavy atom. The van der Waals surface area contributed by atoms with E-state index in [9.17, 15) is 9.18 Å². The lowest BCUT2D eigenvalue weighted by Crippen LogP contribution is -2.10. The zero-order chi connectivity index (χ0) is 14.0. The summed E-state index contributed by atoms with van der Waals surface area (Å²) < 4.78 is 12.9. The number of carboxylic acids is 1. The maximum atomic E-state index is 12.9. The fraction of sp³-hybridized carbons (Fsp3) is 0.133. The van der Waals surface area contributed by atoms with Crippen LogP contribution >= 0.6 is 0 Å². The Balaban J connectivity index is 2.34. The van der Waals surface area contributed by atoms with Gasteiger partial charge in [-0.05, 0) is 55.0 Å². The molecule has 0 amide bonds. The van der Waals surface area contributed by atoms with Gasteiger partial charge in [-0.3, -0.25) is 0 Å². The van der Waals surface area contributed by atoms with Crippen LogP contribution in [0.3, 0.4) is 0 Å². The highest BCUT2D eigenvalue weighted by Crippen LogP contribution is 2.25. The summed E-state index contributed by atoms with van der Waals surface area (Å²) in [5, 5.41) is 8.99. The van der Waals surface area contributed by atoms with Crippen molar-refractivity contribution in [1.82, 2.24) is 0 Å². The minimum atomic E-state index is -0.937. The summed E-state index contributed by atoms with van der Waals surface area (Å²) in [5.41, 5.74) is 2.67.